The predicted molar refractivity (Wildman–Crippen MR) is 68.4 cm³/mol. The van der Waals surface area contributed by atoms with Crippen molar-refractivity contribution in [1.29, 1.82) is 0 Å². The van der Waals surface area contributed by atoms with Crippen LogP contribution in [0.2, 0.25) is 0 Å². The lowest BCUT2D eigenvalue weighted by Gasteiger charge is -2.20. The molecule has 0 spiro atoms. The Hall–Kier alpha value is -0.860. The predicted octanol–water partition coefficient (Wildman–Crippen LogP) is 2.22. The van der Waals surface area contributed by atoms with Crippen LogP contribution in [0, 0.1) is 0 Å². The van der Waals surface area contributed by atoms with Gasteiger partial charge in [0, 0.05) is 18.6 Å². The fraction of sp³-hybridized carbons (Fsp3) is 0.571. The zero-order chi connectivity index (χ0) is 11.6. The second-order valence-corrected chi connectivity index (χ2v) is 5.59. The van der Waals surface area contributed by atoms with E-state index in [4.69, 9.17) is 0 Å². The first-order chi connectivity index (χ1) is 7.56. The average molecular weight is 218 g/mol. The third-order valence-corrected chi connectivity index (χ3v) is 3.04. The Bertz CT molecular complexity index is 363. The first-order valence-electron chi connectivity index (χ1n) is 6.12. The summed E-state index contributed by atoms with van der Waals surface area (Å²) >= 11 is 0. The minimum absolute atomic E-state index is 0.218. The van der Waals surface area contributed by atoms with Gasteiger partial charge in [0.25, 0.3) is 0 Å². The van der Waals surface area contributed by atoms with E-state index in [1.807, 2.05) is 0 Å². The minimum Gasteiger partial charge on any atom is -0.312 e. The molecule has 0 saturated carbocycles. The summed E-state index contributed by atoms with van der Waals surface area (Å²) in [4.78, 5) is 0. The van der Waals surface area contributed by atoms with Crippen LogP contribution in [0.4, 0.5) is 0 Å². The van der Waals surface area contributed by atoms with Gasteiger partial charge >= 0.3 is 0 Å². The van der Waals surface area contributed by atoms with Crippen molar-refractivity contribution in [2.75, 3.05) is 6.54 Å². The molecule has 0 aromatic heterocycles. The molecule has 0 saturated heterocycles. The minimum atomic E-state index is 0.218. The van der Waals surface area contributed by atoms with Gasteiger partial charge in [-0.3, -0.25) is 0 Å². The maximum atomic E-state index is 3.54. The summed E-state index contributed by atoms with van der Waals surface area (Å²) in [5.41, 5.74) is 4.72. The van der Waals surface area contributed by atoms with Crippen molar-refractivity contribution in [3.05, 3.63) is 34.9 Å². The maximum absolute atomic E-state index is 3.54. The molecule has 0 aliphatic carbocycles. The largest absolute Gasteiger partial charge is 0.312 e. The van der Waals surface area contributed by atoms with Crippen molar-refractivity contribution < 1.29 is 0 Å². The van der Waals surface area contributed by atoms with E-state index >= 15 is 0 Å². The van der Waals surface area contributed by atoms with Crippen molar-refractivity contribution in [3.63, 3.8) is 0 Å². The van der Waals surface area contributed by atoms with Crippen molar-refractivity contribution in [1.82, 2.24) is 10.6 Å². The molecule has 0 fully saturated rings. The van der Waals surface area contributed by atoms with Crippen LogP contribution in [0.1, 0.15) is 37.5 Å². The van der Waals surface area contributed by atoms with Crippen molar-refractivity contribution in [2.45, 2.75) is 45.8 Å². The number of hydrogen-bond acceptors (Lipinski definition) is 2. The number of fused-ring (bicyclic) bond motifs is 1. The molecule has 0 radical (unpaired) electrons. The molecule has 0 amide bonds. The Balaban J connectivity index is 1.98. The number of benzene rings is 1. The normalized spacial score (nSPS) is 15.2. The summed E-state index contributed by atoms with van der Waals surface area (Å²) in [6.07, 6.45) is 1.13. The van der Waals surface area contributed by atoms with E-state index in [1.165, 1.54) is 16.7 Å². The van der Waals surface area contributed by atoms with E-state index in [-0.39, 0.29) is 5.54 Å². The van der Waals surface area contributed by atoms with Crippen LogP contribution in [-0.4, -0.2) is 12.1 Å². The monoisotopic (exact) mass is 218 g/mol. The van der Waals surface area contributed by atoms with Crippen LogP contribution in [0.25, 0.3) is 0 Å². The first kappa shape index (κ1) is 11.6. The molecular weight excluding hydrogens is 196 g/mol. The third-order valence-electron chi connectivity index (χ3n) is 3.04. The van der Waals surface area contributed by atoms with E-state index in [2.05, 4.69) is 49.6 Å². The lowest BCUT2D eigenvalue weighted by molar-refractivity contribution is 0.429. The van der Waals surface area contributed by atoms with Crippen LogP contribution in [0.15, 0.2) is 18.2 Å². The molecule has 2 rings (SSSR count). The Morgan fingerprint density at radius 2 is 2.06 bits per heavy atom. The van der Waals surface area contributed by atoms with Gasteiger partial charge in [-0.15, -0.1) is 0 Å². The van der Waals surface area contributed by atoms with Gasteiger partial charge in [-0.2, -0.15) is 0 Å². The smallest absolute Gasteiger partial charge is 0.0214 e. The molecule has 1 aromatic carbocycles. The summed E-state index contributed by atoms with van der Waals surface area (Å²) in [6.45, 7) is 9.77. The highest BCUT2D eigenvalue weighted by Gasteiger charge is 2.14. The lowest BCUT2D eigenvalue weighted by atomic mass is 10.0. The summed E-state index contributed by atoms with van der Waals surface area (Å²) in [5.74, 6) is 0. The first-order valence-corrected chi connectivity index (χ1v) is 6.12. The summed E-state index contributed by atoms with van der Waals surface area (Å²) in [6, 6.07) is 6.67. The second-order valence-electron chi connectivity index (χ2n) is 5.59. The van der Waals surface area contributed by atoms with Gasteiger partial charge in [-0.25, -0.2) is 0 Å². The maximum Gasteiger partial charge on any atom is 0.0214 e. The highest BCUT2D eigenvalue weighted by Crippen LogP contribution is 2.20. The van der Waals surface area contributed by atoms with Crippen molar-refractivity contribution in [3.8, 4) is 0 Å². The van der Waals surface area contributed by atoms with E-state index in [1.54, 1.807) is 0 Å². The third kappa shape index (κ3) is 2.83. The molecule has 88 valence electrons. The van der Waals surface area contributed by atoms with E-state index < -0.39 is 0 Å². The zero-order valence-corrected chi connectivity index (χ0v) is 10.6. The zero-order valence-electron chi connectivity index (χ0n) is 10.6. The highest BCUT2D eigenvalue weighted by molar-refractivity contribution is 5.37. The fourth-order valence-electron chi connectivity index (χ4n) is 2.21. The van der Waals surface area contributed by atoms with Gasteiger partial charge in [-0.1, -0.05) is 18.2 Å². The van der Waals surface area contributed by atoms with Crippen LogP contribution >= 0.6 is 0 Å². The molecule has 0 atom stereocenters. The summed E-state index contributed by atoms with van der Waals surface area (Å²) in [5, 5.41) is 6.96. The second kappa shape index (κ2) is 4.56. The SMILES string of the molecule is CC(C)(C)NCCc1cccc2c1CNC2. The van der Waals surface area contributed by atoms with E-state index in [0.29, 0.717) is 0 Å². The molecule has 2 N–H and O–H groups in total. The molecule has 1 aromatic rings. The standard InChI is InChI=1S/C14H22N2/c1-14(2,3)16-8-7-11-5-4-6-12-9-15-10-13(11)12/h4-6,15-16H,7-10H2,1-3H3. The fourth-order valence-corrected chi connectivity index (χ4v) is 2.21. The van der Waals surface area contributed by atoms with Crippen molar-refractivity contribution in [2.24, 2.45) is 0 Å². The molecule has 2 nitrogen and oxygen atoms in total. The highest BCUT2D eigenvalue weighted by atomic mass is 14.9. The van der Waals surface area contributed by atoms with Crippen LogP contribution in [-0.2, 0) is 19.5 Å². The average Bonchev–Trinajstić information content (AvgIpc) is 2.64. The molecule has 0 bridgehead atoms. The molecule has 0 unspecified atom stereocenters. The van der Waals surface area contributed by atoms with E-state index in [0.717, 1.165) is 26.1 Å². The van der Waals surface area contributed by atoms with Gasteiger partial charge in [0.1, 0.15) is 0 Å². The van der Waals surface area contributed by atoms with Gasteiger partial charge in [0.2, 0.25) is 0 Å². The quantitative estimate of drug-likeness (QED) is 0.813. The number of nitrogens with one attached hydrogen (secondary N) is 2. The Morgan fingerprint density at radius 3 is 2.81 bits per heavy atom. The lowest BCUT2D eigenvalue weighted by Crippen LogP contribution is -2.37. The number of rotatable bonds is 3. The molecule has 1 aliphatic heterocycles. The summed E-state index contributed by atoms with van der Waals surface area (Å²) < 4.78 is 0. The molecule has 1 aliphatic rings. The van der Waals surface area contributed by atoms with Crippen molar-refractivity contribution >= 4 is 0 Å². The van der Waals surface area contributed by atoms with Crippen LogP contribution in [0.3, 0.4) is 0 Å². The Kier molecular flexibility index (Phi) is 3.31. The van der Waals surface area contributed by atoms with Gasteiger partial charge in [-0.05, 0) is 50.4 Å². The molecule has 16 heavy (non-hydrogen) atoms. The van der Waals surface area contributed by atoms with Gasteiger partial charge in [0.05, 0.1) is 0 Å². The molecule has 2 heteroatoms. The Labute approximate surface area is 98.4 Å². The van der Waals surface area contributed by atoms with Gasteiger partial charge in [0.15, 0.2) is 0 Å². The topological polar surface area (TPSA) is 24.1 Å². The Morgan fingerprint density at radius 1 is 1.25 bits per heavy atom. The van der Waals surface area contributed by atoms with Gasteiger partial charge < -0.3 is 10.6 Å². The van der Waals surface area contributed by atoms with E-state index in [9.17, 15) is 0 Å². The summed E-state index contributed by atoms with van der Waals surface area (Å²) in [7, 11) is 0. The van der Waals surface area contributed by atoms with Crippen LogP contribution < -0.4 is 10.6 Å². The molecular formula is C14H22N2. The molecule has 1 heterocycles. The number of hydrogen-bond donors (Lipinski definition) is 2. The van der Waals surface area contributed by atoms with Crippen LogP contribution in [0.5, 0.6) is 0 Å².